The average Bonchev–Trinajstić information content (AvgIpc) is 3.44. The molecule has 3 aromatic heterocycles. The van der Waals surface area contributed by atoms with Crippen LogP contribution in [-0.2, 0) is 18.7 Å². The summed E-state index contributed by atoms with van der Waals surface area (Å²) in [6, 6.07) is 5.52. The van der Waals surface area contributed by atoms with E-state index in [0.717, 1.165) is 33.7 Å². The molecule has 164 valence electrons. The van der Waals surface area contributed by atoms with E-state index in [4.69, 9.17) is 14.5 Å². The van der Waals surface area contributed by atoms with Gasteiger partial charge in [-0.25, -0.2) is 19.4 Å². The van der Waals surface area contributed by atoms with Gasteiger partial charge in [0.2, 0.25) is 0 Å². The van der Waals surface area contributed by atoms with Gasteiger partial charge in [-0.15, -0.1) is 11.3 Å². The highest BCUT2D eigenvalue weighted by Crippen LogP contribution is 2.45. The number of thioether (sulfide) groups is 1. The van der Waals surface area contributed by atoms with Gasteiger partial charge in [0.1, 0.15) is 17.5 Å². The highest BCUT2D eigenvalue weighted by atomic mass is 32.2. The number of aromatic carboxylic acids is 1. The first-order valence-electron chi connectivity index (χ1n) is 9.93. The quantitative estimate of drug-likeness (QED) is 0.451. The molecule has 0 radical (unpaired) electrons. The summed E-state index contributed by atoms with van der Waals surface area (Å²) in [5, 5.41) is 15.4. The van der Waals surface area contributed by atoms with Crippen molar-refractivity contribution in [1.82, 2.24) is 19.7 Å². The normalized spacial score (nSPS) is 13.2. The fourth-order valence-corrected chi connectivity index (χ4v) is 6.48. The third-order valence-electron chi connectivity index (χ3n) is 5.49. The first-order chi connectivity index (χ1) is 15.6. The number of fused-ring (bicyclic) bond motifs is 3. The molecule has 0 aliphatic carbocycles. The van der Waals surface area contributed by atoms with Gasteiger partial charge in [-0.05, 0) is 35.4 Å². The highest BCUT2D eigenvalue weighted by Gasteiger charge is 2.28. The Bertz CT molecular complexity index is 1320. The van der Waals surface area contributed by atoms with Gasteiger partial charge in [0.05, 0.1) is 32.0 Å². The highest BCUT2D eigenvalue weighted by molar-refractivity contribution is 7.98. The van der Waals surface area contributed by atoms with Crippen LogP contribution in [0.1, 0.15) is 26.5 Å². The third-order valence-corrected chi connectivity index (χ3v) is 7.79. The van der Waals surface area contributed by atoms with E-state index in [9.17, 15) is 9.90 Å². The van der Waals surface area contributed by atoms with Gasteiger partial charge in [0, 0.05) is 21.6 Å². The zero-order valence-electron chi connectivity index (χ0n) is 17.5. The largest absolute Gasteiger partial charge is 0.493 e. The van der Waals surface area contributed by atoms with Crippen molar-refractivity contribution in [1.29, 1.82) is 0 Å². The zero-order valence-corrected chi connectivity index (χ0v) is 19.1. The number of hydrogen-bond acceptors (Lipinski definition) is 8. The summed E-state index contributed by atoms with van der Waals surface area (Å²) in [5.74, 6) is 2.04. The number of carboxylic acid groups (broad SMARTS) is 1. The molecule has 1 aliphatic heterocycles. The summed E-state index contributed by atoms with van der Waals surface area (Å²) in [4.78, 5) is 23.5. The van der Waals surface area contributed by atoms with E-state index in [1.54, 1.807) is 42.6 Å². The summed E-state index contributed by atoms with van der Waals surface area (Å²) < 4.78 is 12.5. The van der Waals surface area contributed by atoms with E-state index in [1.165, 1.54) is 16.8 Å². The number of rotatable bonds is 6. The summed E-state index contributed by atoms with van der Waals surface area (Å²) >= 11 is 3.54. The van der Waals surface area contributed by atoms with Crippen LogP contribution in [0, 0.1) is 0 Å². The van der Waals surface area contributed by atoms with Crippen molar-refractivity contribution in [2.45, 2.75) is 18.7 Å². The molecule has 0 saturated heterocycles. The van der Waals surface area contributed by atoms with Crippen LogP contribution in [-0.4, -0.2) is 50.8 Å². The van der Waals surface area contributed by atoms with E-state index >= 15 is 0 Å². The van der Waals surface area contributed by atoms with Gasteiger partial charge in [0.15, 0.2) is 11.5 Å². The van der Waals surface area contributed by atoms with Gasteiger partial charge < -0.3 is 14.6 Å². The smallest absolute Gasteiger partial charge is 0.338 e. The number of methoxy groups -OCH3 is 2. The second-order valence-corrected chi connectivity index (χ2v) is 9.45. The first-order valence-corrected chi connectivity index (χ1v) is 11.9. The maximum Gasteiger partial charge on any atom is 0.338 e. The number of pyridine rings is 1. The number of benzene rings is 1. The van der Waals surface area contributed by atoms with E-state index in [2.05, 4.69) is 10.1 Å². The predicted molar refractivity (Wildman–Crippen MR) is 124 cm³/mol. The lowest BCUT2D eigenvalue weighted by Gasteiger charge is -2.17. The molecular weight excluding hydrogens is 448 g/mol. The fraction of sp³-hybridized carbons (Fsp3) is 0.273. The Labute approximate surface area is 192 Å². The summed E-state index contributed by atoms with van der Waals surface area (Å²) in [6.45, 7) is 0.217. The molecule has 4 heterocycles. The minimum Gasteiger partial charge on any atom is -0.493 e. The molecule has 4 aromatic rings. The molecule has 0 atom stereocenters. The molecule has 32 heavy (non-hydrogen) atoms. The van der Waals surface area contributed by atoms with Gasteiger partial charge in [0.25, 0.3) is 0 Å². The van der Waals surface area contributed by atoms with Crippen LogP contribution in [0.15, 0.2) is 30.9 Å². The summed E-state index contributed by atoms with van der Waals surface area (Å²) in [7, 11) is 3.15. The monoisotopic (exact) mass is 468 g/mol. The Morgan fingerprint density at radius 1 is 1.25 bits per heavy atom. The van der Waals surface area contributed by atoms with Crippen molar-refractivity contribution in [3.8, 4) is 22.6 Å². The van der Waals surface area contributed by atoms with Crippen molar-refractivity contribution in [3.05, 3.63) is 52.6 Å². The molecule has 0 amide bonds. The maximum atomic E-state index is 12.6. The Kier molecular flexibility index (Phi) is 5.48. The number of carbonyl (C=O) groups is 1. The molecule has 0 saturated carbocycles. The predicted octanol–water partition coefficient (Wildman–Crippen LogP) is 4.11. The molecule has 10 heteroatoms. The van der Waals surface area contributed by atoms with E-state index in [0.29, 0.717) is 22.8 Å². The fourth-order valence-electron chi connectivity index (χ4n) is 4.10. The molecule has 5 rings (SSSR count). The van der Waals surface area contributed by atoms with Crippen molar-refractivity contribution < 1.29 is 19.4 Å². The van der Waals surface area contributed by atoms with Gasteiger partial charge in [-0.2, -0.15) is 16.9 Å². The maximum absolute atomic E-state index is 12.6. The van der Waals surface area contributed by atoms with Crippen molar-refractivity contribution in [2.24, 2.45) is 0 Å². The molecule has 0 spiro atoms. The van der Waals surface area contributed by atoms with E-state index < -0.39 is 5.97 Å². The number of hydrogen-bond donors (Lipinski definition) is 1. The summed E-state index contributed by atoms with van der Waals surface area (Å²) in [6.07, 6.45) is 3.88. The Morgan fingerprint density at radius 3 is 2.81 bits per heavy atom. The Hall–Kier alpha value is -3.11. The zero-order chi connectivity index (χ0) is 22.2. The van der Waals surface area contributed by atoms with Gasteiger partial charge in [-0.1, -0.05) is 6.07 Å². The van der Waals surface area contributed by atoms with Crippen LogP contribution in [0.2, 0.25) is 0 Å². The third kappa shape index (κ3) is 3.49. The van der Waals surface area contributed by atoms with Crippen molar-refractivity contribution >= 4 is 39.3 Å². The summed E-state index contributed by atoms with van der Waals surface area (Å²) in [5.41, 5.74) is 3.26. The SMILES string of the molecule is COc1ccc(-c2c(C(=O)O)c(Cn3cncn3)nc3sc4c(c23)CCSC4)cc1OC. The molecule has 0 unspecified atom stereocenters. The van der Waals surface area contributed by atoms with Crippen LogP contribution >= 0.6 is 23.1 Å². The average molecular weight is 469 g/mol. The lowest BCUT2D eigenvalue weighted by atomic mass is 9.92. The van der Waals surface area contributed by atoms with Crippen LogP contribution in [0.4, 0.5) is 0 Å². The standard InChI is InChI=1S/C22H20N4O4S2/c1-29-15-4-3-12(7-16(15)30-2)18-19-13-5-6-31-9-17(13)32-21(19)25-14(20(18)22(27)28)8-26-11-23-10-24-26/h3-4,7,10-11H,5-6,8-9H2,1-2H3,(H,27,28). The second kappa shape index (κ2) is 8.44. The molecule has 1 N–H and O–H groups in total. The number of aryl methyl sites for hydroxylation is 1. The second-order valence-electron chi connectivity index (χ2n) is 7.26. The van der Waals surface area contributed by atoms with Crippen LogP contribution in [0.3, 0.4) is 0 Å². The lowest BCUT2D eigenvalue weighted by molar-refractivity contribution is 0.0696. The Morgan fingerprint density at radius 2 is 2.09 bits per heavy atom. The van der Waals surface area contributed by atoms with Crippen molar-refractivity contribution in [3.63, 3.8) is 0 Å². The minimum absolute atomic E-state index is 0.180. The molecule has 0 bridgehead atoms. The molecule has 0 fully saturated rings. The van der Waals surface area contributed by atoms with Gasteiger partial charge >= 0.3 is 5.97 Å². The number of aromatic nitrogens is 4. The topological polar surface area (TPSA) is 99.4 Å². The van der Waals surface area contributed by atoms with E-state index in [1.807, 2.05) is 23.9 Å². The number of nitrogens with zero attached hydrogens (tertiary/aromatic N) is 4. The number of carboxylic acids is 1. The molecule has 1 aliphatic rings. The number of thiophene rings is 1. The molecule has 1 aromatic carbocycles. The van der Waals surface area contributed by atoms with Crippen LogP contribution in [0.25, 0.3) is 21.3 Å². The molecule has 8 nitrogen and oxygen atoms in total. The van der Waals surface area contributed by atoms with E-state index in [-0.39, 0.29) is 12.1 Å². The van der Waals surface area contributed by atoms with Gasteiger partial charge in [-0.3, -0.25) is 0 Å². The van der Waals surface area contributed by atoms with Crippen LogP contribution < -0.4 is 9.47 Å². The number of ether oxygens (including phenoxy) is 2. The van der Waals surface area contributed by atoms with Crippen molar-refractivity contribution in [2.75, 3.05) is 20.0 Å². The Balaban J connectivity index is 1.85. The van der Waals surface area contributed by atoms with Crippen LogP contribution in [0.5, 0.6) is 11.5 Å². The first kappa shape index (κ1) is 20.8. The minimum atomic E-state index is -1.02. The lowest BCUT2D eigenvalue weighted by Crippen LogP contribution is -2.12. The molecular formula is C22H20N4O4S2.